The summed E-state index contributed by atoms with van der Waals surface area (Å²) in [4.78, 5) is 11.8. The maximum atomic E-state index is 13.2. The Hall–Kier alpha value is -2.25. The number of piperidine rings is 1. The number of hydrogen-bond donors (Lipinski definition) is 3. The summed E-state index contributed by atoms with van der Waals surface area (Å²) in [5, 5.41) is 16.3. The summed E-state index contributed by atoms with van der Waals surface area (Å²) < 4.78 is 13.2. The second-order valence-electron chi connectivity index (χ2n) is 8.75. The van der Waals surface area contributed by atoms with E-state index >= 15 is 0 Å². The van der Waals surface area contributed by atoms with Gasteiger partial charge in [0, 0.05) is 30.1 Å². The molecule has 2 aliphatic rings. The largest absolute Gasteiger partial charge is 0.396 e. The highest BCUT2D eigenvalue weighted by Crippen LogP contribution is 2.34. The summed E-state index contributed by atoms with van der Waals surface area (Å²) in [6, 6.07) is 6.59. The van der Waals surface area contributed by atoms with Crippen molar-refractivity contribution in [3.8, 4) is 0 Å². The smallest absolute Gasteiger partial charge is 0.229 e. The van der Waals surface area contributed by atoms with Gasteiger partial charge in [0.1, 0.15) is 11.6 Å². The van der Waals surface area contributed by atoms with Crippen LogP contribution in [0.2, 0.25) is 0 Å². The van der Waals surface area contributed by atoms with Gasteiger partial charge in [-0.05, 0) is 94.8 Å². The Morgan fingerprint density at radius 1 is 1.07 bits per heavy atom. The normalized spacial score (nSPS) is 23.3. The van der Waals surface area contributed by atoms with Crippen molar-refractivity contribution in [1.82, 2.24) is 14.9 Å². The lowest BCUT2D eigenvalue weighted by Gasteiger charge is -2.32. The van der Waals surface area contributed by atoms with Gasteiger partial charge in [0.15, 0.2) is 0 Å². The first-order valence-corrected chi connectivity index (χ1v) is 11.1. The SMILES string of the molecule is CN1CCC(c2cnc(Nc3ccc(F)cc3)nc2NC2CCC(CO)CC2)CC1. The summed E-state index contributed by atoms with van der Waals surface area (Å²) in [5.41, 5.74) is 1.95. The highest BCUT2D eigenvalue weighted by Gasteiger charge is 2.26. The van der Waals surface area contributed by atoms with E-state index in [2.05, 4.69) is 27.6 Å². The van der Waals surface area contributed by atoms with E-state index in [1.54, 1.807) is 12.1 Å². The predicted molar refractivity (Wildman–Crippen MR) is 118 cm³/mol. The Labute approximate surface area is 177 Å². The average molecular weight is 414 g/mol. The number of aromatic nitrogens is 2. The van der Waals surface area contributed by atoms with Crippen molar-refractivity contribution < 1.29 is 9.50 Å². The van der Waals surface area contributed by atoms with Gasteiger partial charge in [-0.1, -0.05) is 0 Å². The van der Waals surface area contributed by atoms with Gasteiger partial charge in [-0.25, -0.2) is 9.37 Å². The van der Waals surface area contributed by atoms with Crippen LogP contribution in [-0.2, 0) is 0 Å². The number of aliphatic hydroxyl groups excluding tert-OH is 1. The maximum absolute atomic E-state index is 13.2. The molecular weight excluding hydrogens is 381 g/mol. The first-order valence-electron chi connectivity index (χ1n) is 11.1. The van der Waals surface area contributed by atoms with E-state index in [9.17, 15) is 9.50 Å². The number of benzene rings is 1. The number of nitrogens with zero attached hydrogens (tertiary/aromatic N) is 3. The van der Waals surface area contributed by atoms with Crippen LogP contribution in [-0.4, -0.2) is 52.8 Å². The molecule has 2 heterocycles. The molecule has 0 radical (unpaired) electrons. The van der Waals surface area contributed by atoms with Gasteiger partial charge in [-0.15, -0.1) is 0 Å². The van der Waals surface area contributed by atoms with Crippen LogP contribution in [0.1, 0.15) is 50.0 Å². The van der Waals surface area contributed by atoms with Gasteiger partial charge in [0.05, 0.1) is 0 Å². The third-order valence-corrected chi connectivity index (χ3v) is 6.52. The standard InChI is InChI=1S/C23H32FN5O/c1-29-12-10-17(11-13-29)21-14-25-23(27-20-8-4-18(24)5-9-20)28-22(21)26-19-6-2-16(15-30)3-7-19/h4-5,8-9,14,16-17,19,30H,2-3,6-7,10-13,15H2,1H3,(H2,25,26,27,28). The molecule has 1 aromatic heterocycles. The molecule has 2 fully saturated rings. The number of halogens is 1. The highest BCUT2D eigenvalue weighted by molar-refractivity contribution is 5.57. The zero-order valence-electron chi connectivity index (χ0n) is 17.6. The summed E-state index contributed by atoms with van der Waals surface area (Å²) in [7, 11) is 2.17. The van der Waals surface area contributed by atoms with Crippen LogP contribution >= 0.6 is 0 Å². The number of hydrogen-bond acceptors (Lipinski definition) is 6. The van der Waals surface area contributed by atoms with E-state index in [-0.39, 0.29) is 12.4 Å². The van der Waals surface area contributed by atoms with Crippen LogP contribution in [0.25, 0.3) is 0 Å². The molecule has 7 heteroatoms. The Kier molecular flexibility index (Phi) is 6.79. The number of aliphatic hydroxyl groups is 1. The van der Waals surface area contributed by atoms with Gasteiger partial charge in [0.25, 0.3) is 0 Å². The van der Waals surface area contributed by atoms with E-state index in [0.29, 0.717) is 23.8 Å². The fourth-order valence-electron chi connectivity index (χ4n) is 4.53. The van der Waals surface area contributed by atoms with Crippen LogP contribution in [0, 0.1) is 11.7 Å². The Morgan fingerprint density at radius 3 is 2.43 bits per heavy atom. The van der Waals surface area contributed by atoms with E-state index in [0.717, 1.165) is 63.1 Å². The topological polar surface area (TPSA) is 73.3 Å². The molecule has 1 aliphatic heterocycles. The molecule has 0 spiro atoms. The molecule has 1 aliphatic carbocycles. The van der Waals surface area contributed by atoms with Crippen molar-refractivity contribution in [1.29, 1.82) is 0 Å². The fourth-order valence-corrected chi connectivity index (χ4v) is 4.53. The molecule has 2 aromatic rings. The van der Waals surface area contributed by atoms with Gasteiger partial charge in [0.2, 0.25) is 5.95 Å². The molecule has 0 bridgehead atoms. The molecule has 1 aromatic carbocycles. The summed E-state index contributed by atoms with van der Waals surface area (Å²) in [6.07, 6.45) is 8.35. The van der Waals surface area contributed by atoms with Gasteiger partial charge >= 0.3 is 0 Å². The van der Waals surface area contributed by atoms with Gasteiger partial charge < -0.3 is 20.6 Å². The van der Waals surface area contributed by atoms with Crippen LogP contribution < -0.4 is 10.6 Å². The van der Waals surface area contributed by atoms with Gasteiger partial charge in [-0.2, -0.15) is 4.98 Å². The molecule has 0 unspecified atom stereocenters. The minimum absolute atomic E-state index is 0.264. The Balaban J connectivity index is 1.53. The third kappa shape index (κ3) is 5.26. The van der Waals surface area contributed by atoms with Crippen molar-refractivity contribution in [2.75, 3.05) is 37.4 Å². The van der Waals surface area contributed by atoms with Crippen LogP contribution in [0.3, 0.4) is 0 Å². The molecule has 4 rings (SSSR count). The number of rotatable bonds is 6. The summed E-state index contributed by atoms with van der Waals surface area (Å²) in [5.74, 6) is 2.05. The lowest BCUT2D eigenvalue weighted by atomic mass is 9.86. The molecule has 30 heavy (non-hydrogen) atoms. The highest BCUT2D eigenvalue weighted by atomic mass is 19.1. The maximum Gasteiger partial charge on any atom is 0.229 e. The molecule has 3 N–H and O–H groups in total. The second-order valence-corrected chi connectivity index (χ2v) is 8.75. The molecule has 162 valence electrons. The molecule has 0 amide bonds. The zero-order valence-corrected chi connectivity index (χ0v) is 17.6. The quantitative estimate of drug-likeness (QED) is 0.661. The molecule has 0 atom stereocenters. The molecule has 1 saturated heterocycles. The molecular formula is C23H32FN5O. The predicted octanol–water partition coefficient (Wildman–Crippen LogP) is 4.13. The minimum Gasteiger partial charge on any atom is -0.396 e. The number of likely N-dealkylation sites (tertiary alicyclic amines) is 1. The Morgan fingerprint density at radius 2 is 1.77 bits per heavy atom. The van der Waals surface area contributed by atoms with E-state index in [4.69, 9.17) is 4.98 Å². The first kappa shape index (κ1) is 21.0. The minimum atomic E-state index is -0.264. The van der Waals surface area contributed by atoms with E-state index in [1.165, 1.54) is 17.7 Å². The van der Waals surface area contributed by atoms with Crippen LogP contribution in [0.4, 0.5) is 21.8 Å². The zero-order chi connectivity index (χ0) is 20.9. The second kappa shape index (κ2) is 9.71. The number of nitrogens with one attached hydrogen (secondary N) is 2. The summed E-state index contributed by atoms with van der Waals surface area (Å²) >= 11 is 0. The Bertz CT molecular complexity index is 815. The van der Waals surface area contributed by atoms with Crippen LogP contribution in [0.5, 0.6) is 0 Å². The van der Waals surface area contributed by atoms with E-state index < -0.39 is 0 Å². The molecule has 6 nitrogen and oxygen atoms in total. The van der Waals surface area contributed by atoms with Crippen molar-refractivity contribution in [2.24, 2.45) is 5.92 Å². The van der Waals surface area contributed by atoms with Crippen molar-refractivity contribution >= 4 is 17.5 Å². The third-order valence-electron chi connectivity index (χ3n) is 6.52. The monoisotopic (exact) mass is 413 g/mol. The van der Waals surface area contributed by atoms with Crippen LogP contribution in [0.15, 0.2) is 30.5 Å². The lowest BCUT2D eigenvalue weighted by molar-refractivity contribution is 0.185. The lowest BCUT2D eigenvalue weighted by Crippen LogP contribution is -2.31. The summed E-state index contributed by atoms with van der Waals surface area (Å²) in [6.45, 7) is 2.45. The first-order chi connectivity index (χ1) is 14.6. The number of anilines is 3. The average Bonchev–Trinajstić information content (AvgIpc) is 2.77. The molecule has 1 saturated carbocycles. The van der Waals surface area contributed by atoms with Crippen molar-refractivity contribution in [3.05, 3.63) is 41.8 Å². The fraction of sp³-hybridized carbons (Fsp3) is 0.565. The van der Waals surface area contributed by atoms with Gasteiger partial charge in [-0.3, -0.25) is 0 Å². The van der Waals surface area contributed by atoms with E-state index in [1.807, 2.05) is 6.20 Å². The van der Waals surface area contributed by atoms with Crippen molar-refractivity contribution in [3.63, 3.8) is 0 Å². The van der Waals surface area contributed by atoms with Crippen molar-refractivity contribution in [2.45, 2.75) is 50.5 Å².